The van der Waals surface area contributed by atoms with Crippen LogP contribution in [0.5, 0.6) is 0 Å². The van der Waals surface area contributed by atoms with Gasteiger partial charge in [-0.2, -0.15) is 0 Å². The van der Waals surface area contributed by atoms with Crippen molar-refractivity contribution in [2.24, 2.45) is 0 Å². The number of thiazole rings is 1. The van der Waals surface area contributed by atoms with Gasteiger partial charge in [-0.1, -0.05) is 0 Å². The summed E-state index contributed by atoms with van der Waals surface area (Å²) in [6, 6.07) is 7.97. The van der Waals surface area contributed by atoms with E-state index in [9.17, 15) is 14.4 Å². The maximum atomic E-state index is 13.1. The molecular formula is C22H25N7O3S. The Hall–Kier alpha value is -3.54. The number of likely N-dealkylation sites (N-methyl/N-ethyl adjacent to an activating group) is 1. The van der Waals surface area contributed by atoms with Gasteiger partial charge in [0.05, 0.1) is 11.4 Å². The predicted molar refractivity (Wildman–Crippen MR) is 130 cm³/mol. The zero-order valence-corrected chi connectivity index (χ0v) is 18.8. The van der Waals surface area contributed by atoms with Gasteiger partial charge in [0.25, 0.3) is 5.91 Å². The van der Waals surface area contributed by atoms with Crippen molar-refractivity contribution >= 4 is 40.2 Å². The molecule has 7 N–H and O–H groups in total. The van der Waals surface area contributed by atoms with Crippen molar-refractivity contribution in [1.82, 2.24) is 20.6 Å². The molecule has 1 aromatic carbocycles. The normalized spacial score (nSPS) is 15.1. The Kier molecular flexibility index (Phi) is 6.54. The number of nitrogen functional groups attached to an aromatic ring is 1. The molecule has 1 aliphatic heterocycles. The molecule has 3 heterocycles. The highest BCUT2D eigenvalue weighted by Crippen LogP contribution is 2.29. The van der Waals surface area contributed by atoms with Gasteiger partial charge < -0.3 is 32.0 Å². The molecule has 0 aliphatic carbocycles. The Balaban J connectivity index is 1.53. The molecule has 2 amide bonds. The number of carbonyl (C=O) groups excluding carboxylic acids is 2. The average Bonchev–Trinajstić information content (AvgIpc) is 3.32. The molecule has 0 radical (unpaired) electrons. The van der Waals surface area contributed by atoms with Crippen LogP contribution in [0.1, 0.15) is 23.3 Å². The number of H-pyrrole nitrogens is 1. The summed E-state index contributed by atoms with van der Waals surface area (Å²) in [5.74, 6) is -0.603. The topological polar surface area (TPSA) is 154 Å². The molecule has 0 bridgehead atoms. The van der Waals surface area contributed by atoms with Gasteiger partial charge in [-0.15, -0.1) is 11.3 Å². The summed E-state index contributed by atoms with van der Waals surface area (Å²) in [7, 11) is 1.78. The minimum Gasteiger partial charge on any atom is -0.399 e. The van der Waals surface area contributed by atoms with Crippen LogP contribution >= 0.6 is 11.3 Å². The molecular weight excluding hydrogens is 442 g/mol. The van der Waals surface area contributed by atoms with Crippen molar-refractivity contribution in [3.05, 3.63) is 58.0 Å². The first-order valence-corrected chi connectivity index (χ1v) is 11.3. The predicted octanol–water partition coefficient (Wildman–Crippen LogP) is 1.61. The fraction of sp³-hybridized carbons (Fsp3) is 0.273. The van der Waals surface area contributed by atoms with Crippen LogP contribution in [-0.4, -0.2) is 47.5 Å². The van der Waals surface area contributed by atoms with Gasteiger partial charge in [0.15, 0.2) is 0 Å². The lowest BCUT2D eigenvalue weighted by Gasteiger charge is -2.36. The number of pyridine rings is 1. The summed E-state index contributed by atoms with van der Waals surface area (Å²) < 4.78 is 0. The van der Waals surface area contributed by atoms with Crippen LogP contribution in [0.25, 0.3) is 10.6 Å². The van der Waals surface area contributed by atoms with Crippen molar-refractivity contribution in [1.29, 1.82) is 0 Å². The Bertz CT molecular complexity index is 1210. The summed E-state index contributed by atoms with van der Waals surface area (Å²) in [6.45, 7) is 1.47. The van der Waals surface area contributed by atoms with Gasteiger partial charge >= 0.3 is 0 Å². The van der Waals surface area contributed by atoms with Crippen molar-refractivity contribution in [3.8, 4) is 10.6 Å². The van der Waals surface area contributed by atoms with E-state index < -0.39 is 11.4 Å². The molecule has 1 aliphatic rings. The lowest BCUT2D eigenvalue weighted by Crippen LogP contribution is -2.58. The number of anilines is 3. The minimum atomic E-state index is -0.686. The number of benzene rings is 1. The number of nitrogens with zero attached hydrogens (tertiary/aromatic N) is 1. The molecule has 4 rings (SSSR count). The van der Waals surface area contributed by atoms with E-state index in [2.05, 4.69) is 31.2 Å². The van der Waals surface area contributed by atoms with Crippen LogP contribution < -0.4 is 32.6 Å². The molecule has 2 aromatic heterocycles. The smallest absolute Gasteiger partial charge is 0.275 e. The maximum Gasteiger partial charge on any atom is 0.275 e. The number of amides is 2. The summed E-state index contributed by atoms with van der Waals surface area (Å²) in [5, 5.41) is 14.4. The molecule has 172 valence electrons. The van der Waals surface area contributed by atoms with Gasteiger partial charge in [0, 0.05) is 28.9 Å². The first-order valence-electron chi connectivity index (χ1n) is 10.5. The van der Waals surface area contributed by atoms with Gasteiger partial charge in [-0.25, -0.2) is 4.98 Å². The number of aromatic amines is 1. The minimum absolute atomic E-state index is 0.166. The zero-order valence-electron chi connectivity index (χ0n) is 18.0. The van der Waals surface area contributed by atoms with Crippen molar-refractivity contribution in [2.75, 3.05) is 36.5 Å². The van der Waals surface area contributed by atoms with Crippen LogP contribution in [0.3, 0.4) is 0 Å². The fourth-order valence-corrected chi connectivity index (χ4v) is 4.50. The number of aromatic nitrogens is 2. The highest BCUT2D eigenvalue weighted by atomic mass is 32.1. The monoisotopic (exact) mass is 467 g/mol. The number of piperidine rings is 1. The lowest BCUT2D eigenvalue weighted by molar-refractivity contribution is -0.123. The van der Waals surface area contributed by atoms with Gasteiger partial charge in [0.1, 0.15) is 16.2 Å². The van der Waals surface area contributed by atoms with E-state index in [0.29, 0.717) is 40.5 Å². The Labute approximate surface area is 194 Å². The summed E-state index contributed by atoms with van der Waals surface area (Å²) >= 11 is 1.28. The van der Waals surface area contributed by atoms with Crippen LogP contribution in [-0.2, 0) is 4.79 Å². The number of nitrogens with one attached hydrogen (secondary N) is 5. The Morgan fingerprint density at radius 2 is 1.91 bits per heavy atom. The van der Waals surface area contributed by atoms with Gasteiger partial charge in [-0.3, -0.25) is 14.4 Å². The van der Waals surface area contributed by atoms with Crippen LogP contribution in [0, 0.1) is 0 Å². The second-order valence-electron chi connectivity index (χ2n) is 7.77. The first kappa shape index (κ1) is 22.6. The van der Waals surface area contributed by atoms with E-state index in [1.165, 1.54) is 17.4 Å². The standard InChI is InChI=1S/C22H25N7O3S/c1-24-22(6-8-25-9-7-22)21(32)29-15-4-3-14(23)10-16(15)27-19(31)17-12-33-20(28-17)13-2-5-18(30)26-11-13/h2-5,10-12,24-25H,6-9,23H2,1H3,(H,26,30)(H,27,31)(H,29,32). The third-order valence-electron chi connectivity index (χ3n) is 5.68. The molecule has 11 heteroatoms. The third-order valence-corrected chi connectivity index (χ3v) is 6.57. The second-order valence-corrected chi connectivity index (χ2v) is 8.63. The largest absolute Gasteiger partial charge is 0.399 e. The maximum absolute atomic E-state index is 13.1. The number of hydrogen-bond donors (Lipinski definition) is 6. The molecule has 3 aromatic rings. The van der Waals surface area contributed by atoms with Crippen LogP contribution in [0.2, 0.25) is 0 Å². The van der Waals surface area contributed by atoms with E-state index in [1.807, 2.05) is 0 Å². The lowest BCUT2D eigenvalue weighted by atomic mass is 9.87. The number of hydrogen-bond acceptors (Lipinski definition) is 8. The summed E-state index contributed by atoms with van der Waals surface area (Å²) in [4.78, 5) is 44.2. The quantitative estimate of drug-likeness (QED) is 0.301. The fourth-order valence-electron chi connectivity index (χ4n) is 3.70. The molecule has 33 heavy (non-hydrogen) atoms. The molecule has 0 atom stereocenters. The first-order chi connectivity index (χ1) is 15.9. The third kappa shape index (κ3) is 4.95. The van der Waals surface area contributed by atoms with Crippen molar-refractivity contribution in [2.45, 2.75) is 18.4 Å². The molecule has 10 nitrogen and oxygen atoms in total. The van der Waals surface area contributed by atoms with Crippen molar-refractivity contribution < 1.29 is 9.59 Å². The van der Waals surface area contributed by atoms with Crippen molar-refractivity contribution in [3.63, 3.8) is 0 Å². The Morgan fingerprint density at radius 3 is 2.61 bits per heavy atom. The number of rotatable bonds is 6. The van der Waals surface area contributed by atoms with E-state index >= 15 is 0 Å². The van der Waals surface area contributed by atoms with E-state index in [1.54, 1.807) is 42.9 Å². The number of carbonyl (C=O) groups is 2. The Morgan fingerprint density at radius 1 is 1.12 bits per heavy atom. The van der Waals surface area contributed by atoms with E-state index in [4.69, 9.17) is 5.73 Å². The van der Waals surface area contributed by atoms with E-state index in [-0.39, 0.29) is 17.2 Å². The molecule has 1 fully saturated rings. The van der Waals surface area contributed by atoms with E-state index in [0.717, 1.165) is 13.1 Å². The molecule has 1 saturated heterocycles. The number of nitrogens with two attached hydrogens (primary N) is 1. The van der Waals surface area contributed by atoms with Crippen LogP contribution in [0.15, 0.2) is 46.7 Å². The van der Waals surface area contributed by atoms with Gasteiger partial charge in [0.2, 0.25) is 11.5 Å². The highest BCUT2D eigenvalue weighted by Gasteiger charge is 2.38. The van der Waals surface area contributed by atoms with Crippen LogP contribution in [0.4, 0.5) is 17.1 Å². The average molecular weight is 468 g/mol. The van der Waals surface area contributed by atoms with Gasteiger partial charge in [-0.05, 0) is 57.2 Å². The SMILES string of the molecule is CNC1(C(=O)Nc2ccc(N)cc2NC(=O)c2csc(-c3ccc(=O)[nH]c3)n2)CCNCC1. The summed E-state index contributed by atoms with van der Waals surface area (Å²) in [5.41, 5.74) is 7.23. The molecule has 0 unspecified atom stereocenters. The molecule has 0 saturated carbocycles. The zero-order chi connectivity index (χ0) is 23.4. The second kappa shape index (κ2) is 9.53. The molecule has 0 spiro atoms. The highest BCUT2D eigenvalue weighted by molar-refractivity contribution is 7.13. The summed E-state index contributed by atoms with van der Waals surface area (Å²) in [6.07, 6.45) is 2.85.